The molecule has 0 aliphatic rings. The molecule has 0 amide bonds. The average molecular weight is 363 g/mol. The SMILES string of the molecule is O=S(=O)(Nc1ccc(Cn2ccc3cnccc32)cc1)c1ccccc1. The lowest BCUT2D eigenvalue weighted by atomic mass is 10.2. The standard InChI is InChI=1S/C20H17N3O2S/c24-26(25,19-4-2-1-3-5-19)22-18-8-6-16(7-9-18)15-23-13-11-17-14-21-12-10-20(17)23/h1-14,22H,15H2. The molecule has 0 bridgehead atoms. The van der Waals surface area contributed by atoms with Gasteiger partial charge in [-0.1, -0.05) is 30.3 Å². The van der Waals surface area contributed by atoms with E-state index in [2.05, 4.69) is 14.3 Å². The van der Waals surface area contributed by atoms with Crippen LogP contribution in [0.15, 0.2) is 90.2 Å². The molecule has 4 rings (SSSR count). The summed E-state index contributed by atoms with van der Waals surface area (Å²) in [5, 5.41) is 1.10. The van der Waals surface area contributed by atoms with E-state index in [9.17, 15) is 8.42 Å². The molecule has 130 valence electrons. The van der Waals surface area contributed by atoms with Gasteiger partial charge in [-0.3, -0.25) is 9.71 Å². The number of nitrogens with zero attached hydrogens (tertiary/aromatic N) is 2. The molecule has 2 aromatic carbocycles. The number of fused-ring (bicyclic) bond motifs is 1. The normalized spacial score (nSPS) is 11.5. The monoisotopic (exact) mass is 363 g/mol. The fourth-order valence-electron chi connectivity index (χ4n) is 2.87. The predicted octanol–water partition coefficient (Wildman–Crippen LogP) is 3.89. The minimum atomic E-state index is -3.57. The number of rotatable bonds is 5. The minimum Gasteiger partial charge on any atom is -0.343 e. The molecule has 26 heavy (non-hydrogen) atoms. The second-order valence-electron chi connectivity index (χ2n) is 5.99. The molecular formula is C20H17N3O2S. The molecule has 0 fully saturated rings. The highest BCUT2D eigenvalue weighted by Gasteiger charge is 2.13. The number of pyridine rings is 1. The van der Waals surface area contributed by atoms with Crippen LogP contribution < -0.4 is 4.72 Å². The molecule has 0 saturated heterocycles. The van der Waals surface area contributed by atoms with Crippen LogP contribution in [0, 0.1) is 0 Å². The summed E-state index contributed by atoms with van der Waals surface area (Å²) < 4.78 is 29.5. The van der Waals surface area contributed by atoms with E-state index in [1.165, 1.54) is 0 Å². The molecule has 2 aromatic heterocycles. The van der Waals surface area contributed by atoms with E-state index in [0.29, 0.717) is 12.2 Å². The second-order valence-corrected chi connectivity index (χ2v) is 7.68. The van der Waals surface area contributed by atoms with E-state index in [1.807, 2.05) is 36.7 Å². The van der Waals surface area contributed by atoms with Gasteiger partial charge < -0.3 is 4.57 Å². The van der Waals surface area contributed by atoms with Gasteiger partial charge in [-0.25, -0.2) is 8.42 Å². The van der Waals surface area contributed by atoms with Crippen LogP contribution in [0.25, 0.3) is 10.9 Å². The molecular weight excluding hydrogens is 346 g/mol. The Balaban J connectivity index is 1.52. The highest BCUT2D eigenvalue weighted by atomic mass is 32.2. The van der Waals surface area contributed by atoms with Crippen molar-refractivity contribution in [3.63, 3.8) is 0 Å². The summed E-state index contributed by atoms with van der Waals surface area (Å²) in [5.74, 6) is 0. The van der Waals surface area contributed by atoms with Gasteiger partial charge in [-0.15, -0.1) is 0 Å². The maximum atomic E-state index is 12.4. The van der Waals surface area contributed by atoms with Crippen molar-refractivity contribution in [1.82, 2.24) is 9.55 Å². The summed E-state index contributed by atoms with van der Waals surface area (Å²) in [5.41, 5.74) is 2.75. The van der Waals surface area contributed by atoms with Crippen molar-refractivity contribution in [2.24, 2.45) is 0 Å². The zero-order chi connectivity index (χ0) is 18.0. The molecule has 1 N–H and O–H groups in total. The van der Waals surface area contributed by atoms with Crippen LogP contribution in [-0.2, 0) is 16.6 Å². The summed E-state index contributed by atoms with van der Waals surface area (Å²) in [6.07, 6.45) is 5.64. The Bertz CT molecular complexity index is 1130. The summed E-state index contributed by atoms with van der Waals surface area (Å²) in [7, 11) is -3.57. The third kappa shape index (κ3) is 3.32. The van der Waals surface area contributed by atoms with Gasteiger partial charge in [0.05, 0.1) is 10.4 Å². The number of aromatic nitrogens is 2. The number of anilines is 1. The number of sulfonamides is 1. The summed E-state index contributed by atoms with van der Waals surface area (Å²) in [6.45, 7) is 0.708. The molecule has 4 aromatic rings. The number of nitrogens with one attached hydrogen (secondary N) is 1. The Morgan fingerprint density at radius 1 is 0.923 bits per heavy atom. The van der Waals surface area contributed by atoms with Crippen molar-refractivity contribution in [2.75, 3.05) is 4.72 Å². The fraction of sp³-hybridized carbons (Fsp3) is 0.0500. The quantitative estimate of drug-likeness (QED) is 0.585. The maximum absolute atomic E-state index is 12.4. The highest BCUT2D eigenvalue weighted by molar-refractivity contribution is 7.92. The molecule has 0 saturated carbocycles. The molecule has 0 radical (unpaired) electrons. The van der Waals surface area contributed by atoms with Gasteiger partial charge in [0.15, 0.2) is 0 Å². The minimum absolute atomic E-state index is 0.247. The Hall–Kier alpha value is -3.12. The zero-order valence-corrected chi connectivity index (χ0v) is 14.7. The largest absolute Gasteiger partial charge is 0.343 e. The lowest BCUT2D eigenvalue weighted by Crippen LogP contribution is -2.12. The molecule has 0 atom stereocenters. The van der Waals surface area contributed by atoms with Crippen LogP contribution in [-0.4, -0.2) is 18.0 Å². The van der Waals surface area contributed by atoms with E-state index in [4.69, 9.17) is 0 Å². The van der Waals surface area contributed by atoms with Crippen molar-refractivity contribution >= 4 is 26.6 Å². The zero-order valence-electron chi connectivity index (χ0n) is 13.9. The summed E-state index contributed by atoms with van der Waals surface area (Å²) in [4.78, 5) is 4.37. The molecule has 0 aliphatic heterocycles. The number of hydrogen-bond acceptors (Lipinski definition) is 3. The van der Waals surface area contributed by atoms with E-state index in [-0.39, 0.29) is 4.90 Å². The van der Waals surface area contributed by atoms with Gasteiger partial charge in [-0.2, -0.15) is 0 Å². The lowest BCUT2D eigenvalue weighted by molar-refractivity contribution is 0.601. The van der Waals surface area contributed by atoms with Gasteiger partial charge in [0.2, 0.25) is 0 Å². The van der Waals surface area contributed by atoms with E-state index < -0.39 is 10.0 Å². The van der Waals surface area contributed by atoms with Crippen LogP contribution in [0.5, 0.6) is 0 Å². The van der Waals surface area contributed by atoms with E-state index >= 15 is 0 Å². The maximum Gasteiger partial charge on any atom is 0.261 e. The van der Waals surface area contributed by atoms with Crippen LogP contribution >= 0.6 is 0 Å². The first kappa shape index (κ1) is 16.4. The van der Waals surface area contributed by atoms with Crippen molar-refractivity contribution in [1.29, 1.82) is 0 Å². The molecule has 6 heteroatoms. The first-order valence-electron chi connectivity index (χ1n) is 8.17. The van der Waals surface area contributed by atoms with Gasteiger partial charge in [0.25, 0.3) is 10.0 Å². The van der Waals surface area contributed by atoms with Crippen LogP contribution in [0.3, 0.4) is 0 Å². The molecule has 0 spiro atoms. The number of benzene rings is 2. The predicted molar refractivity (Wildman–Crippen MR) is 103 cm³/mol. The van der Waals surface area contributed by atoms with Crippen molar-refractivity contribution in [3.05, 3.63) is 90.9 Å². The van der Waals surface area contributed by atoms with E-state index in [1.54, 1.807) is 48.7 Å². The summed E-state index contributed by atoms with van der Waals surface area (Å²) >= 11 is 0. The average Bonchev–Trinajstić information content (AvgIpc) is 3.07. The van der Waals surface area contributed by atoms with Crippen LogP contribution in [0.1, 0.15) is 5.56 Å². The molecule has 0 unspecified atom stereocenters. The Morgan fingerprint density at radius 3 is 2.46 bits per heavy atom. The Morgan fingerprint density at radius 2 is 1.69 bits per heavy atom. The Labute approximate surface area is 152 Å². The highest BCUT2D eigenvalue weighted by Crippen LogP contribution is 2.19. The van der Waals surface area contributed by atoms with Gasteiger partial charge in [0.1, 0.15) is 0 Å². The molecule has 5 nitrogen and oxygen atoms in total. The molecule has 0 aliphatic carbocycles. The van der Waals surface area contributed by atoms with Crippen LogP contribution in [0.4, 0.5) is 5.69 Å². The van der Waals surface area contributed by atoms with Gasteiger partial charge >= 0.3 is 0 Å². The first-order chi connectivity index (χ1) is 12.6. The Kier molecular flexibility index (Phi) is 4.18. The third-order valence-electron chi connectivity index (χ3n) is 4.18. The fourth-order valence-corrected chi connectivity index (χ4v) is 3.95. The molecule has 2 heterocycles. The van der Waals surface area contributed by atoms with Crippen molar-refractivity contribution < 1.29 is 8.42 Å². The first-order valence-corrected chi connectivity index (χ1v) is 9.66. The van der Waals surface area contributed by atoms with Crippen molar-refractivity contribution in [3.8, 4) is 0 Å². The van der Waals surface area contributed by atoms with E-state index in [0.717, 1.165) is 16.5 Å². The number of hydrogen-bond donors (Lipinski definition) is 1. The summed E-state index contributed by atoms with van der Waals surface area (Å²) in [6, 6.07) is 19.8. The van der Waals surface area contributed by atoms with Gasteiger partial charge in [-0.05, 0) is 42.0 Å². The smallest absolute Gasteiger partial charge is 0.261 e. The third-order valence-corrected chi connectivity index (χ3v) is 5.58. The van der Waals surface area contributed by atoms with Crippen LogP contribution in [0.2, 0.25) is 0 Å². The van der Waals surface area contributed by atoms with Crippen molar-refractivity contribution in [2.45, 2.75) is 11.4 Å². The van der Waals surface area contributed by atoms with Gasteiger partial charge in [0, 0.05) is 36.2 Å². The lowest BCUT2D eigenvalue weighted by Gasteiger charge is -2.10. The second kappa shape index (κ2) is 6.65. The topological polar surface area (TPSA) is 64.0 Å².